The fourth-order valence-electron chi connectivity index (χ4n) is 1.66. The molecule has 1 fully saturated rings. The Morgan fingerprint density at radius 2 is 2.20 bits per heavy atom. The Kier molecular flexibility index (Phi) is 4.58. The lowest BCUT2D eigenvalue weighted by Gasteiger charge is -2.20. The van der Waals surface area contributed by atoms with Crippen LogP contribution in [0.5, 0.6) is 0 Å². The first-order valence-electron chi connectivity index (χ1n) is 5.97. The van der Waals surface area contributed by atoms with Crippen LogP contribution in [0.3, 0.4) is 0 Å². The first-order chi connectivity index (χ1) is 7.08. The molecule has 0 amide bonds. The predicted molar refractivity (Wildman–Crippen MR) is 60.7 cm³/mol. The Hall–Kier alpha value is -0.570. The third-order valence-electron chi connectivity index (χ3n) is 3.40. The van der Waals surface area contributed by atoms with Crippen molar-refractivity contribution in [3.05, 3.63) is 0 Å². The van der Waals surface area contributed by atoms with Gasteiger partial charge in [-0.1, -0.05) is 6.92 Å². The number of nitrogens with one attached hydrogen (secondary N) is 1. The number of hydrogen-bond acceptors (Lipinski definition) is 3. The molecular weight excluding hydrogens is 190 g/mol. The van der Waals surface area contributed by atoms with Gasteiger partial charge in [0, 0.05) is 12.5 Å². The van der Waals surface area contributed by atoms with Gasteiger partial charge in [-0.25, -0.2) is 0 Å². The normalized spacial score (nSPS) is 19.7. The molecule has 3 nitrogen and oxygen atoms in total. The highest BCUT2D eigenvalue weighted by Gasteiger charge is 2.41. The van der Waals surface area contributed by atoms with E-state index >= 15 is 0 Å². The van der Waals surface area contributed by atoms with Crippen LogP contribution in [0.1, 0.15) is 46.5 Å². The van der Waals surface area contributed by atoms with Crippen molar-refractivity contribution in [1.82, 2.24) is 5.32 Å². The van der Waals surface area contributed by atoms with Crippen LogP contribution in [0.2, 0.25) is 0 Å². The van der Waals surface area contributed by atoms with E-state index in [1.165, 1.54) is 12.8 Å². The highest BCUT2D eigenvalue weighted by atomic mass is 16.5. The molecule has 1 aliphatic carbocycles. The fourth-order valence-corrected chi connectivity index (χ4v) is 1.66. The lowest BCUT2D eigenvalue weighted by molar-refractivity contribution is -0.143. The van der Waals surface area contributed by atoms with E-state index in [9.17, 15) is 4.79 Å². The zero-order chi connectivity index (χ0) is 11.3. The summed E-state index contributed by atoms with van der Waals surface area (Å²) in [5.41, 5.74) is 0.518. The Bertz CT molecular complexity index is 212. The Balaban J connectivity index is 1.99. The summed E-state index contributed by atoms with van der Waals surface area (Å²) in [6.07, 6.45) is 4.07. The molecule has 15 heavy (non-hydrogen) atoms. The molecular formula is C12H23NO2. The summed E-state index contributed by atoms with van der Waals surface area (Å²) in [6.45, 7) is 7.79. The third-order valence-corrected chi connectivity index (χ3v) is 3.40. The van der Waals surface area contributed by atoms with Gasteiger partial charge in [-0.2, -0.15) is 0 Å². The largest absolute Gasteiger partial charge is 0.466 e. The monoisotopic (exact) mass is 213 g/mol. The second-order valence-electron chi connectivity index (χ2n) is 4.74. The van der Waals surface area contributed by atoms with E-state index in [0.717, 1.165) is 13.0 Å². The Morgan fingerprint density at radius 1 is 1.53 bits per heavy atom. The number of ether oxygens (including phenoxy) is 1. The minimum absolute atomic E-state index is 0.0791. The molecule has 88 valence electrons. The molecule has 0 aromatic rings. The maximum Gasteiger partial charge on any atom is 0.305 e. The van der Waals surface area contributed by atoms with Gasteiger partial charge in [0.05, 0.1) is 6.61 Å². The van der Waals surface area contributed by atoms with Crippen molar-refractivity contribution in [2.24, 2.45) is 5.41 Å². The lowest BCUT2D eigenvalue weighted by atomic mass is 10.0. The fraction of sp³-hybridized carbons (Fsp3) is 0.917. The maximum atomic E-state index is 11.0. The Labute approximate surface area is 92.6 Å². The van der Waals surface area contributed by atoms with Gasteiger partial charge in [-0.15, -0.1) is 0 Å². The van der Waals surface area contributed by atoms with Crippen molar-refractivity contribution in [3.8, 4) is 0 Å². The first kappa shape index (κ1) is 12.5. The van der Waals surface area contributed by atoms with E-state index in [0.29, 0.717) is 24.5 Å². The molecule has 0 radical (unpaired) electrons. The molecule has 1 aliphatic rings. The summed E-state index contributed by atoms with van der Waals surface area (Å²) in [6, 6.07) is 0.569. The van der Waals surface area contributed by atoms with Crippen molar-refractivity contribution in [2.75, 3.05) is 13.2 Å². The molecule has 1 N–H and O–H groups in total. The van der Waals surface area contributed by atoms with Crippen LogP contribution in [-0.4, -0.2) is 25.2 Å². The number of rotatable bonds is 7. The topological polar surface area (TPSA) is 38.3 Å². The zero-order valence-electron chi connectivity index (χ0n) is 10.1. The molecule has 0 aromatic carbocycles. The third kappa shape index (κ3) is 4.20. The molecule has 1 saturated carbocycles. The Morgan fingerprint density at radius 3 is 2.73 bits per heavy atom. The first-order valence-corrected chi connectivity index (χ1v) is 5.97. The van der Waals surface area contributed by atoms with Crippen molar-refractivity contribution in [3.63, 3.8) is 0 Å². The summed E-state index contributed by atoms with van der Waals surface area (Å²) in [5.74, 6) is -0.0791. The van der Waals surface area contributed by atoms with Crippen molar-refractivity contribution >= 4 is 5.97 Å². The number of esters is 1. The van der Waals surface area contributed by atoms with Crippen molar-refractivity contribution < 1.29 is 9.53 Å². The summed E-state index contributed by atoms with van der Waals surface area (Å²) in [5, 5.41) is 3.47. The molecule has 0 heterocycles. The highest BCUT2D eigenvalue weighted by molar-refractivity contribution is 5.69. The van der Waals surface area contributed by atoms with E-state index in [1.807, 2.05) is 6.92 Å². The van der Waals surface area contributed by atoms with E-state index < -0.39 is 0 Å². The van der Waals surface area contributed by atoms with Crippen LogP contribution in [0.4, 0.5) is 0 Å². The summed E-state index contributed by atoms with van der Waals surface area (Å²) in [7, 11) is 0. The standard InChI is InChI=1S/C12H23NO2/c1-4-15-11(14)6-5-9-13-10(2)12(3)7-8-12/h10,13H,4-9H2,1-3H3. The predicted octanol–water partition coefficient (Wildman–Crippen LogP) is 2.11. The van der Waals surface area contributed by atoms with E-state index in [-0.39, 0.29) is 5.97 Å². The summed E-state index contributed by atoms with van der Waals surface area (Å²) < 4.78 is 4.86. The highest BCUT2D eigenvalue weighted by Crippen LogP contribution is 2.47. The molecule has 0 bridgehead atoms. The minimum atomic E-state index is -0.0791. The molecule has 0 spiro atoms. The van der Waals surface area contributed by atoms with Gasteiger partial charge in [-0.05, 0) is 45.1 Å². The SMILES string of the molecule is CCOC(=O)CCCNC(C)C1(C)CC1. The molecule has 0 saturated heterocycles. The van der Waals surface area contributed by atoms with Gasteiger partial charge in [0.25, 0.3) is 0 Å². The van der Waals surface area contributed by atoms with Crippen LogP contribution in [-0.2, 0) is 9.53 Å². The van der Waals surface area contributed by atoms with Gasteiger partial charge in [-0.3, -0.25) is 4.79 Å². The average Bonchev–Trinajstić information content (AvgIpc) is 2.93. The average molecular weight is 213 g/mol. The second-order valence-corrected chi connectivity index (χ2v) is 4.74. The van der Waals surface area contributed by atoms with Crippen LogP contribution >= 0.6 is 0 Å². The molecule has 1 rings (SSSR count). The van der Waals surface area contributed by atoms with Gasteiger partial charge in [0.1, 0.15) is 0 Å². The zero-order valence-corrected chi connectivity index (χ0v) is 10.1. The van der Waals surface area contributed by atoms with Crippen LogP contribution < -0.4 is 5.32 Å². The summed E-state index contributed by atoms with van der Waals surface area (Å²) in [4.78, 5) is 11.0. The number of carbonyl (C=O) groups is 1. The molecule has 3 heteroatoms. The van der Waals surface area contributed by atoms with E-state index in [2.05, 4.69) is 19.2 Å². The number of carbonyl (C=O) groups excluding carboxylic acids is 1. The summed E-state index contributed by atoms with van der Waals surface area (Å²) >= 11 is 0. The smallest absolute Gasteiger partial charge is 0.305 e. The molecule has 1 atom stereocenters. The van der Waals surface area contributed by atoms with Gasteiger partial charge >= 0.3 is 5.97 Å². The van der Waals surface area contributed by atoms with Crippen LogP contribution in [0, 0.1) is 5.41 Å². The van der Waals surface area contributed by atoms with E-state index in [4.69, 9.17) is 4.74 Å². The maximum absolute atomic E-state index is 11.0. The quantitative estimate of drug-likeness (QED) is 0.520. The molecule has 0 aliphatic heterocycles. The van der Waals surface area contributed by atoms with Crippen molar-refractivity contribution in [2.45, 2.75) is 52.5 Å². The van der Waals surface area contributed by atoms with Gasteiger partial charge in [0.2, 0.25) is 0 Å². The van der Waals surface area contributed by atoms with Crippen molar-refractivity contribution in [1.29, 1.82) is 0 Å². The van der Waals surface area contributed by atoms with Crippen LogP contribution in [0.15, 0.2) is 0 Å². The molecule has 1 unspecified atom stereocenters. The second kappa shape index (κ2) is 5.50. The van der Waals surface area contributed by atoms with Gasteiger partial charge in [0.15, 0.2) is 0 Å². The lowest BCUT2D eigenvalue weighted by Crippen LogP contribution is -2.34. The molecule has 0 aromatic heterocycles. The van der Waals surface area contributed by atoms with Gasteiger partial charge < -0.3 is 10.1 Å². The minimum Gasteiger partial charge on any atom is -0.466 e. The van der Waals surface area contributed by atoms with E-state index in [1.54, 1.807) is 0 Å². The van der Waals surface area contributed by atoms with Crippen LogP contribution in [0.25, 0.3) is 0 Å². The number of hydrogen-bond donors (Lipinski definition) is 1.